The highest BCUT2D eigenvalue weighted by molar-refractivity contribution is 6.30. The average Bonchev–Trinajstić information content (AvgIpc) is 2.90. The third-order valence-electron chi connectivity index (χ3n) is 4.56. The van der Waals surface area contributed by atoms with Crippen LogP contribution >= 0.6 is 11.6 Å². The third kappa shape index (κ3) is 2.96. The standard InChI is InChI=1S/C16H19ClN2O3/c17-12-3-5-13(6-4-12)19-9-7-14(15(19)20)18-8-1-2-11(10-18)16(21)22/h3-6,11,14H,1-2,7-10H2,(H,21,22). The summed E-state index contributed by atoms with van der Waals surface area (Å²) in [5.74, 6) is -1.05. The molecule has 5 nitrogen and oxygen atoms in total. The predicted octanol–water partition coefficient (Wildman–Crippen LogP) is 2.24. The van der Waals surface area contributed by atoms with Crippen molar-refractivity contribution in [3.05, 3.63) is 29.3 Å². The zero-order valence-electron chi connectivity index (χ0n) is 12.2. The first kappa shape index (κ1) is 15.3. The first-order chi connectivity index (χ1) is 10.6. The number of benzene rings is 1. The lowest BCUT2D eigenvalue weighted by molar-refractivity contribution is -0.144. The summed E-state index contributed by atoms with van der Waals surface area (Å²) in [7, 11) is 0. The summed E-state index contributed by atoms with van der Waals surface area (Å²) in [5.41, 5.74) is 0.851. The fraction of sp³-hybridized carbons (Fsp3) is 0.500. The molecule has 2 saturated heterocycles. The highest BCUT2D eigenvalue weighted by Crippen LogP contribution is 2.28. The van der Waals surface area contributed by atoms with E-state index in [1.54, 1.807) is 17.0 Å². The molecular formula is C16H19ClN2O3. The molecule has 118 valence electrons. The summed E-state index contributed by atoms with van der Waals surface area (Å²) in [6.07, 6.45) is 2.28. The number of anilines is 1. The van der Waals surface area contributed by atoms with E-state index in [1.807, 2.05) is 17.0 Å². The fourth-order valence-corrected chi connectivity index (χ4v) is 3.50. The van der Waals surface area contributed by atoms with Crippen molar-refractivity contribution in [2.45, 2.75) is 25.3 Å². The molecule has 2 aliphatic rings. The minimum Gasteiger partial charge on any atom is -0.481 e. The van der Waals surface area contributed by atoms with E-state index in [0.717, 1.165) is 25.1 Å². The number of carbonyl (C=O) groups excluding carboxylic acids is 1. The number of amides is 1. The molecule has 2 fully saturated rings. The molecule has 1 aromatic carbocycles. The van der Waals surface area contributed by atoms with Gasteiger partial charge in [-0.3, -0.25) is 14.5 Å². The molecule has 0 spiro atoms. The normalized spacial score (nSPS) is 26.4. The van der Waals surface area contributed by atoms with E-state index >= 15 is 0 Å². The molecule has 1 aromatic rings. The lowest BCUT2D eigenvalue weighted by Crippen LogP contribution is -2.48. The van der Waals surface area contributed by atoms with Crippen LogP contribution in [-0.4, -0.2) is 47.6 Å². The molecule has 22 heavy (non-hydrogen) atoms. The topological polar surface area (TPSA) is 60.9 Å². The van der Waals surface area contributed by atoms with Crippen molar-refractivity contribution in [2.75, 3.05) is 24.5 Å². The number of likely N-dealkylation sites (tertiary alicyclic amines) is 1. The average molecular weight is 323 g/mol. The maximum Gasteiger partial charge on any atom is 0.307 e. The number of carbonyl (C=O) groups is 2. The molecule has 0 radical (unpaired) electrons. The number of carboxylic acid groups (broad SMARTS) is 1. The van der Waals surface area contributed by atoms with Crippen LogP contribution in [0.2, 0.25) is 5.02 Å². The van der Waals surface area contributed by atoms with Crippen LogP contribution in [0.3, 0.4) is 0 Å². The number of hydrogen-bond donors (Lipinski definition) is 1. The monoisotopic (exact) mass is 322 g/mol. The van der Waals surface area contributed by atoms with Crippen molar-refractivity contribution in [2.24, 2.45) is 5.92 Å². The van der Waals surface area contributed by atoms with Gasteiger partial charge in [0.05, 0.1) is 12.0 Å². The van der Waals surface area contributed by atoms with E-state index in [-0.39, 0.29) is 17.9 Å². The first-order valence-electron chi connectivity index (χ1n) is 7.60. The van der Waals surface area contributed by atoms with Crippen LogP contribution in [0.25, 0.3) is 0 Å². The Hall–Kier alpha value is -1.59. The SMILES string of the molecule is O=C(O)C1CCCN(C2CCN(c3ccc(Cl)cc3)C2=O)C1. The van der Waals surface area contributed by atoms with E-state index < -0.39 is 5.97 Å². The Morgan fingerprint density at radius 3 is 2.59 bits per heavy atom. The van der Waals surface area contributed by atoms with Gasteiger partial charge in [0.1, 0.15) is 0 Å². The summed E-state index contributed by atoms with van der Waals surface area (Å²) in [5, 5.41) is 9.83. The quantitative estimate of drug-likeness (QED) is 0.927. The molecule has 0 aromatic heterocycles. The Balaban J connectivity index is 1.70. The van der Waals surface area contributed by atoms with E-state index in [9.17, 15) is 14.7 Å². The van der Waals surface area contributed by atoms with Gasteiger partial charge in [0.15, 0.2) is 0 Å². The lowest BCUT2D eigenvalue weighted by Gasteiger charge is -2.34. The van der Waals surface area contributed by atoms with Gasteiger partial charge in [-0.25, -0.2) is 0 Å². The van der Waals surface area contributed by atoms with Crippen LogP contribution < -0.4 is 4.90 Å². The van der Waals surface area contributed by atoms with E-state index in [2.05, 4.69) is 0 Å². The van der Waals surface area contributed by atoms with Crippen LogP contribution in [0.4, 0.5) is 5.69 Å². The minimum absolute atomic E-state index is 0.0633. The van der Waals surface area contributed by atoms with Gasteiger partial charge in [-0.15, -0.1) is 0 Å². The second-order valence-electron chi connectivity index (χ2n) is 5.94. The van der Waals surface area contributed by atoms with E-state index in [4.69, 9.17) is 11.6 Å². The zero-order chi connectivity index (χ0) is 15.7. The molecule has 6 heteroatoms. The van der Waals surface area contributed by atoms with Crippen LogP contribution in [0.1, 0.15) is 19.3 Å². The van der Waals surface area contributed by atoms with Crippen LogP contribution in [0.15, 0.2) is 24.3 Å². The number of halogens is 1. The summed E-state index contributed by atoms with van der Waals surface area (Å²) >= 11 is 5.88. The molecule has 1 amide bonds. The molecule has 2 unspecified atom stereocenters. The van der Waals surface area contributed by atoms with Gasteiger partial charge in [0.2, 0.25) is 5.91 Å². The molecule has 0 bridgehead atoms. The maximum atomic E-state index is 12.7. The minimum atomic E-state index is -0.760. The number of nitrogens with zero attached hydrogens (tertiary/aromatic N) is 2. The predicted molar refractivity (Wildman–Crippen MR) is 84.1 cm³/mol. The molecule has 1 N–H and O–H groups in total. The molecule has 3 rings (SSSR count). The second kappa shape index (κ2) is 6.26. The Morgan fingerprint density at radius 1 is 1.18 bits per heavy atom. The molecule has 0 aliphatic carbocycles. The number of hydrogen-bond acceptors (Lipinski definition) is 3. The van der Waals surface area contributed by atoms with E-state index in [0.29, 0.717) is 24.5 Å². The van der Waals surface area contributed by atoms with Crippen molar-refractivity contribution in [1.29, 1.82) is 0 Å². The number of piperidine rings is 1. The third-order valence-corrected chi connectivity index (χ3v) is 4.81. The number of aliphatic carboxylic acids is 1. The summed E-state index contributed by atoms with van der Waals surface area (Å²) in [6.45, 7) is 1.94. The summed E-state index contributed by atoms with van der Waals surface area (Å²) in [6, 6.07) is 7.05. The molecule has 2 atom stereocenters. The Kier molecular flexibility index (Phi) is 4.36. The molecule has 0 saturated carbocycles. The Morgan fingerprint density at radius 2 is 1.91 bits per heavy atom. The van der Waals surface area contributed by atoms with Gasteiger partial charge in [0, 0.05) is 23.8 Å². The van der Waals surface area contributed by atoms with Crippen molar-refractivity contribution in [1.82, 2.24) is 4.90 Å². The highest BCUT2D eigenvalue weighted by Gasteiger charge is 2.39. The molecule has 2 aliphatic heterocycles. The van der Waals surface area contributed by atoms with Crippen molar-refractivity contribution in [3.8, 4) is 0 Å². The van der Waals surface area contributed by atoms with Gasteiger partial charge in [-0.2, -0.15) is 0 Å². The summed E-state index contributed by atoms with van der Waals surface area (Å²) < 4.78 is 0. The van der Waals surface area contributed by atoms with Gasteiger partial charge >= 0.3 is 5.97 Å². The first-order valence-corrected chi connectivity index (χ1v) is 7.98. The van der Waals surface area contributed by atoms with E-state index in [1.165, 1.54) is 0 Å². The van der Waals surface area contributed by atoms with Gasteiger partial charge in [0.25, 0.3) is 0 Å². The van der Waals surface area contributed by atoms with Crippen molar-refractivity contribution in [3.63, 3.8) is 0 Å². The van der Waals surface area contributed by atoms with Crippen LogP contribution in [-0.2, 0) is 9.59 Å². The van der Waals surface area contributed by atoms with Crippen LogP contribution in [0.5, 0.6) is 0 Å². The maximum absolute atomic E-state index is 12.7. The zero-order valence-corrected chi connectivity index (χ0v) is 13.0. The van der Waals surface area contributed by atoms with Gasteiger partial charge in [-0.1, -0.05) is 11.6 Å². The molecular weight excluding hydrogens is 304 g/mol. The highest BCUT2D eigenvalue weighted by atomic mass is 35.5. The van der Waals surface area contributed by atoms with Gasteiger partial charge < -0.3 is 10.0 Å². The Bertz CT molecular complexity index is 575. The number of carboxylic acids is 1. The van der Waals surface area contributed by atoms with Gasteiger partial charge in [-0.05, 0) is 50.1 Å². The summed E-state index contributed by atoms with van der Waals surface area (Å²) in [4.78, 5) is 27.7. The lowest BCUT2D eigenvalue weighted by atomic mass is 9.96. The molecule has 2 heterocycles. The Labute approximate surface area is 134 Å². The van der Waals surface area contributed by atoms with Crippen LogP contribution in [0, 0.1) is 5.92 Å². The second-order valence-corrected chi connectivity index (χ2v) is 6.38. The smallest absolute Gasteiger partial charge is 0.307 e. The van der Waals surface area contributed by atoms with Crippen molar-refractivity contribution < 1.29 is 14.7 Å². The fourth-order valence-electron chi connectivity index (χ4n) is 3.37. The number of rotatable bonds is 3. The van der Waals surface area contributed by atoms with Crippen molar-refractivity contribution >= 4 is 29.2 Å². The largest absolute Gasteiger partial charge is 0.481 e.